The van der Waals surface area contributed by atoms with E-state index in [0.29, 0.717) is 22.7 Å². The van der Waals surface area contributed by atoms with Crippen LogP contribution in [0.1, 0.15) is 17.1 Å². The van der Waals surface area contributed by atoms with Gasteiger partial charge in [-0.2, -0.15) is 5.10 Å². The van der Waals surface area contributed by atoms with Crippen LogP contribution in [0.5, 0.6) is 11.5 Å². The monoisotopic (exact) mass is 352 g/mol. The van der Waals surface area contributed by atoms with Crippen LogP contribution in [0.15, 0.2) is 12.1 Å². The molecule has 26 heavy (non-hydrogen) atoms. The van der Waals surface area contributed by atoms with Gasteiger partial charge in [0.15, 0.2) is 16.9 Å². The molecule has 4 rings (SSSR count). The lowest BCUT2D eigenvalue weighted by atomic mass is 10.2. The van der Waals surface area contributed by atoms with Gasteiger partial charge in [-0.3, -0.25) is 9.08 Å². The molecule has 134 valence electrons. The highest BCUT2D eigenvalue weighted by Gasteiger charge is 2.22. The Hall–Kier alpha value is -3.16. The standard InChI is InChI=1S/C18H20N6O2/c1-9-15(11(3)23(4)22-9)18-19-10(2)17-21-20-16-13(24(17)18)7-12(25-5)8-14(16)26-6/h7-8H,1-6H3. The highest BCUT2D eigenvalue weighted by Crippen LogP contribution is 2.34. The zero-order valence-electron chi connectivity index (χ0n) is 15.7. The minimum atomic E-state index is 0.602. The van der Waals surface area contributed by atoms with Gasteiger partial charge in [0, 0.05) is 24.9 Å². The minimum Gasteiger partial charge on any atom is -0.497 e. The summed E-state index contributed by atoms with van der Waals surface area (Å²) in [7, 11) is 5.16. The van der Waals surface area contributed by atoms with Crippen molar-refractivity contribution in [1.29, 1.82) is 0 Å². The Kier molecular flexibility index (Phi) is 3.57. The van der Waals surface area contributed by atoms with Crippen molar-refractivity contribution in [3.63, 3.8) is 0 Å². The van der Waals surface area contributed by atoms with Gasteiger partial charge in [-0.25, -0.2) is 4.98 Å². The number of fused-ring (bicyclic) bond motifs is 3. The van der Waals surface area contributed by atoms with Gasteiger partial charge in [0.25, 0.3) is 0 Å². The molecule has 1 aromatic carbocycles. The van der Waals surface area contributed by atoms with Crippen molar-refractivity contribution in [2.24, 2.45) is 7.05 Å². The van der Waals surface area contributed by atoms with Crippen molar-refractivity contribution in [2.45, 2.75) is 20.8 Å². The summed E-state index contributed by atoms with van der Waals surface area (Å²) in [5, 5.41) is 13.3. The molecule has 0 aliphatic heterocycles. The summed E-state index contributed by atoms with van der Waals surface area (Å²) >= 11 is 0. The molecule has 8 nitrogen and oxygen atoms in total. The Labute approximate surface area is 150 Å². The summed E-state index contributed by atoms with van der Waals surface area (Å²) < 4.78 is 14.8. The molecule has 0 radical (unpaired) electrons. The van der Waals surface area contributed by atoms with Crippen molar-refractivity contribution in [2.75, 3.05) is 14.2 Å². The number of methoxy groups -OCH3 is 2. The van der Waals surface area contributed by atoms with Gasteiger partial charge in [-0.05, 0) is 20.8 Å². The van der Waals surface area contributed by atoms with E-state index in [1.165, 1.54) is 0 Å². The summed E-state index contributed by atoms with van der Waals surface area (Å²) in [6.07, 6.45) is 0. The van der Waals surface area contributed by atoms with Crippen LogP contribution in [0.4, 0.5) is 0 Å². The maximum absolute atomic E-state index is 5.49. The first-order valence-electron chi connectivity index (χ1n) is 8.24. The first-order chi connectivity index (χ1) is 12.5. The Morgan fingerprint density at radius 2 is 1.73 bits per heavy atom. The second kappa shape index (κ2) is 5.69. The normalized spacial score (nSPS) is 11.5. The maximum atomic E-state index is 5.49. The third-order valence-corrected chi connectivity index (χ3v) is 4.72. The van der Waals surface area contributed by atoms with E-state index in [-0.39, 0.29) is 0 Å². The molecule has 0 spiro atoms. The van der Waals surface area contributed by atoms with Gasteiger partial charge in [0.1, 0.15) is 11.6 Å². The Bertz CT molecular complexity index is 1160. The predicted molar refractivity (Wildman–Crippen MR) is 97.8 cm³/mol. The highest BCUT2D eigenvalue weighted by molar-refractivity contribution is 5.87. The predicted octanol–water partition coefficient (Wildman–Crippen LogP) is 2.62. The lowest BCUT2D eigenvalue weighted by Gasteiger charge is -2.10. The molecule has 0 saturated carbocycles. The molecule has 0 fully saturated rings. The van der Waals surface area contributed by atoms with Crippen molar-refractivity contribution in [3.05, 3.63) is 29.2 Å². The van der Waals surface area contributed by atoms with Gasteiger partial charge in [-0.15, -0.1) is 10.2 Å². The van der Waals surface area contributed by atoms with Crippen LogP contribution >= 0.6 is 0 Å². The van der Waals surface area contributed by atoms with Gasteiger partial charge in [0.2, 0.25) is 0 Å². The van der Waals surface area contributed by atoms with Gasteiger partial charge < -0.3 is 9.47 Å². The van der Waals surface area contributed by atoms with E-state index in [0.717, 1.165) is 34.0 Å². The Balaban J connectivity index is 2.20. The number of aromatic nitrogens is 6. The molecule has 3 aromatic heterocycles. The van der Waals surface area contributed by atoms with E-state index in [9.17, 15) is 0 Å². The van der Waals surface area contributed by atoms with Crippen LogP contribution in [0.2, 0.25) is 0 Å². The number of benzene rings is 1. The molecular formula is C18H20N6O2. The summed E-state index contributed by atoms with van der Waals surface area (Å²) in [4.78, 5) is 4.78. The van der Waals surface area contributed by atoms with Crippen molar-refractivity contribution >= 4 is 16.7 Å². The van der Waals surface area contributed by atoms with Crippen LogP contribution in [0.3, 0.4) is 0 Å². The molecule has 0 saturated heterocycles. The van der Waals surface area contributed by atoms with Crippen LogP contribution in [-0.2, 0) is 7.05 Å². The topological polar surface area (TPSA) is 79.4 Å². The number of aryl methyl sites for hydroxylation is 3. The third kappa shape index (κ3) is 2.15. The van der Waals surface area contributed by atoms with E-state index in [1.807, 2.05) is 43.0 Å². The molecule has 0 aliphatic carbocycles. The molecule has 0 atom stereocenters. The fourth-order valence-electron chi connectivity index (χ4n) is 3.34. The quantitative estimate of drug-likeness (QED) is 0.564. The molecule has 0 aliphatic rings. The maximum Gasteiger partial charge on any atom is 0.183 e. The second-order valence-corrected chi connectivity index (χ2v) is 6.25. The van der Waals surface area contributed by atoms with Gasteiger partial charge >= 0.3 is 0 Å². The van der Waals surface area contributed by atoms with Crippen LogP contribution in [0, 0.1) is 20.8 Å². The van der Waals surface area contributed by atoms with Gasteiger partial charge in [0.05, 0.1) is 36.7 Å². The molecule has 0 bridgehead atoms. The average Bonchev–Trinajstić information content (AvgIpc) is 3.09. The Morgan fingerprint density at radius 3 is 2.35 bits per heavy atom. The Morgan fingerprint density at radius 1 is 0.962 bits per heavy atom. The van der Waals surface area contributed by atoms with Crippen molar-refractivity contribution in [1.82, 2.24) is 29.4 Å². The zero-order valence-corrected chi connectivity index (χ0v) is 15.7. The lowest BCUT2D eigenvalue weighted by molar-refractivity contribution is 0.397. The van der Waals surface area contributed by atoms with Crippen molar-refractivity contribution in [3.8, 4) is 22.9 Å². The van der Waals surface area contributed by atoms with E-state index in [1.54, 1.807) is 20.3 Å². The smallest absolute Gasteiger partial charge is 0.183 e. The summed E-state index contributed by atoms with van der Waals surface area (Å²) in [5.74, 6) is 2.07. The highest BCUT2D eigenvalue weighted by atomic mass is 16.5. The van der Waals surface area contributed by atoms with E-state index >= 15 is 0 Å². The number of hydrogen-bond acceptors (Lipinski definition) is 6. The van der Waals surface area contributed by atoms with E-state index < -0.39 is 0 Å². The minimum absolute atomic E-state index is 0.602. The fraction of sp³-hybridized carbons (Fsp3) is 0.333. The molecule has 3 heterocycles. The fourth-order valence-corrected chi connectivity index (χ4v) is 3.34. The SMILES string of the molecule is COc1cc(OC)c2nnc3c(C)nc(-c4c(C)nn(C)c4C)n3c2c1. The molecule has 4 aromatic rings. The second-order valence-electron chi connectivity index (χ2n) is 6.25. The summed E-state index contributed by atoms with van der Waals surface area (Å²) in [6.45, 7) is 5.94. The van der Waals surface area contributed by atoms with Crippen molar-refractivity contribution < 1.29 is 9.47 Å². The number of hydrogen-bond donors (Lipinski definition) is 0. The summed E-state index contributed by atoms with van der Waals surface area (Å²) in [5.41, 5.74) is 5.92. The number of imidazole rings is 1. The number of ether oxygens (including phenoxy) is 2. The molecular weight excluding hydrogens is 332 g/mol. The summed E-state index contributed by atoms with van der Waals surface area (Å²) in [6, 6.07) is 3.72. The number of rotatable bonds is 3. The zero-order chi connectivity index (χ0) is 18.6. The number of nitrogens with zero attached hydrogens (tertiary/aromatic N) is 6. The molecule has 8 heteroatoms. The molecule has 0 N–H and O–H groups in total. The lowest BCUT2D eigenvalue weighted by Crippen LogP contribution is -2.01. The largest absolute Gasteiger partial charge is 0.497 e. The average molecular weight is 352 g/mol. The van der Waals surface area contributed by atoms with Crippen LogP contribution in [-0.4, -0.2) is 43.6 Å². The molecule has 0 amide bonds. The van der Waals surface area contributed by atoms with Crippen LogP contribution < -0.4 is 9.47 Å². The third-order valence-electron chi connectivity index (χ3n) is 4.72. The van der Waals surface area contributed by atoms with Crippen LogP contribution in [0.25, 0.3) is 28.1 Å². The molecule has 0 unspecified atom stereocenters. The first kappa shape index (κ1) is 16.3. The first-order valence-corrected chi connectivity index (χ1v) is 8.24. The van der Waals surface area contributed by atoms with E-state index in [2.05, 4.69) is 15.3 Å². The van der Waals surface area contributed by atoms with Gasteiger partial charge in [-0.1, -0.05) is 0 Å². The van der Waals surface area contributed by atoms with E-state index in [4.69, 9.17) is 14.5 Å².